The SMILES string of the molecule is C[C@@H](Sc1nnc(N2CCOCC2)n1Cc1ccccc1)C(=O)N1CCc2ccccc2C1. The molecule has 2 aliphatic heterocycles. The van der Waals surface area contributed by atoms with Gasteiger partial charge in [-0.1, -0.05) is 66.4 Å². The van der Waals surface area contributed by atoms with Gasteiger partial charge in [0.25, 0.3) is 0 Å². The maximum Gasteiger partial charge on any atom is 0.236 e. The Labute approximate surface area is 198 Å². The standard InChI is InChI=1S/C25H29N5O2S/c1-19(23(31)29-12-11-21-9-5-6-10-22(21)18-29)33-25-27-26-24(28-13-15-32-16-14-28)30(25)17-20-7-3-2-4-8-20/h2-10,19H,11-18H2,1H3/t19-/m1/s1. The van der Waals surface area contributed by atoms with Gasteiger partial charge in [-0.05, 0) is 30.0 Å². The summed E-state index contributed by atoms with van der Waals surface area (Å²) in [6.07, 6.45) is 0.907. The van der Waals surface area contributed by atoms with Crippen molar-refractivity contribution >= 4 is 23.6 Å². The van der Waals surface area contributed by atoms with E-state index in [9.17, 15) is 4.79 Å². The van der Waals surface area contributed by atoms with E-state index < -0.39 is 0 Å². The molecule has 1 aromatic heterocycles. The van der Waals surface area contributed by atoms with Crippen LogP contribution in [0.3, 0.4) is 0 Å². The molecule has 3 aromatic rings. The zero-order chi connectivity index (χ0) is 22.6. The van der Waals surface area contributed by atoms with E-state index in [1.165, 1.54) is 28.5 Å². The first-order chi connectivity index (χ1) is 16.2. The van der Waals surface area contributed by atoms with Crippen LogP contribution in [0.4, 0.5) is 5.95 Å². The molecule has 2 aliphatic rings. The Hall–Kier alpha value is -2.84. The molecule has 7 nitrogen and oxygen atoms in total. The quantitative estimate of drug-likeness (QED) is 0.523. The van der Waals surface area contributed by atoms with Crippen LogP contribution >= 0.6 is 11.8 Å². The average molecular weight is 464 g/mol. The molecule has 5 rings (SSSR count). The maximum atomic E-state index is 13.3. The Morgan fingerprint density at radius 3 is 2.52 bits per heavy atom. The van der Waals surface area contributed by atoms with Gasteiger partial charge in [-0.2, -0.15) is 0 Å². The summed E-state index contributed by atoms with van der Waals surface area (Å²) in [5.41, 5.74) is 3.77. The first-order valence-corrected chi connectivity index (χ1v) is 12.4. The number of benzene rings is 2. The summed E-state index contributed by atoms with van der Waals surface area (Å²) in [6.45, 7) is 7.03. The predicted octanol–water partition coefficient (Wildman–Crippen LogP) is 3.23. The van der Waals surface area contributed by atoms with Crippen molar-refractivity contribution in [3.63, 3.8) is 0 Å². The fourth-order valence-electron chi connectivity index (χ4n) is 4.42. The van der Waals surface area contributed by atoms with Gasteiger partial charge >= 0.3 is 0 Å². The van der Waals surface area contributed by atoms with Crippen molar-refractivity contribution in [3.8, 4) is 0 Å². The van der Waals surface area contributed by atoms with E-state index in [0.29, 0.717) is 26.3 Å². The van der Waals surface area contributed by atoms with Gasteiger partial charge in [0, 0.05) is 26.2 Å². The molecule has 0 aliphatic carbocycles. The number of nitrogens with zero attached hydrogens (tertiary/aromatic N) is 5. The Morgan fingerprint density at radius 1 is 1.00 bits per heavy atom. The summed E-state index contributed by atoms with van der Waals surface area (Å²) in [4.78, 5) is 17.5. The van der Waals surface area contributed by atoms with E-state index in [1.54, 1.807) is 0 Å². The second-order valence-electron chi connectivity index (χ2n) is 8.49. The third-order valence-electron chi connectivity index (χ3n) is 6.25. The highest BCUT2D eigenvalue weighted by Gasteiger charge is 2.28. The molecular weight excluding hydrogens is 434 g/mol. The summed E-state index contributed by atoms with van der Waals surface area (Å²) >= 11 is 1.50. The van der Waals surface area contributed by atoms with Crippen molar-refractivity contribution in [2.24, 2.45) is 0 Å². The Morgan fingerprint density at radius 2 is 1.73 bits per heavy atom. The fourth-order valence-corrected chi connectivity index (χ4v) is 5.35. The number of ether oxygens (including phenoxy) is 1. The van der Waals surface area contributed by atoms with Crippen LogP contribution in [0.5, 0.6) is 0 Å². The number of hydrogen-bond donors (Lipinski definition) is 0. The minimum Gasteiger partial charge on any atom is -0.378 e. The molecule has 8 heteroatoms. The van der Waals surface area contributed by atoms with E-state index in [2.05, 4.69) is 50.0 Å². The predicted molar refractivity (Wildman–Crippen MR) is 129 cm³/mol. The van der Waals surface area contributed by atoms with E-state index >= 15 is 0 Å². The van der Waals surface area contributed by atoms with Crippen molar-refractivity contribution in [2.75, 3.05) is 37.7 Å². The van der Waals surface area contributed by atoms with Crippen LogP contribution in [0.2, 0.25) is 0 Å². The Kier molecular flexibility index (Phi) is 6.64. The van der Waals surface area contributed by atoms with Crippen LogP contribution in [0.1, 0.15) is 23.6 Å². The highest BCUT2D eigenvalue weighted by atomic mass is 32.2. The number of rotatable bonds is 6. The number of anilines is 1. The maximum absolute atomic E-state index is 13.3. The van der Waals surface area contributed by atoms with Crippen molar-refractivity contribution in [3.05, 3.63) is 71.3 Å². The van der Waals surface area contributed by atoms with E-state index in [4.69, 9.17) is 4.74 Å². The second kappa shape index (κ2) is 9.97. The van der Waals surface area contributed by atoms with Crippen LogP contribution in [-0.4, -0.2) is 63.7 Å². The molecule has 1 fully saturated rings. The van der Waals surface area contributed by atoms with Crippen molar-refractivity contribution in [1.82, 2.24) is 19.7 Å². The first-order valence-electron chi connectivity index (χ1n) is 11.5. The summed E-state index contributed by atoms with van der Waals surface area (Å²) in [6, 6.07) is 18.7. The number of thioether (sulfide) groups is 1. The van der Waals surface area contributed by atoms with Crippen LogP contribution in [0, 0.1) is 0 Å². The van der Waals surface area contributed by atoms with Gasteiger partial charge < -0.3 is 14.5 Å². The average Bonchev–Trinajstić information content (AvgIpc) is 3.26. The molecule has 0 bridgehead atoms. The Balaban J connectivity index is 1.35. The highest BCUT2D eigenvalue weighted by molar-refractivity contribution is 8.00. The molecule has 0 unspecified atom stereocenters. The molecule has 1 saturated heterocycles. The lowest BCUT2D eigenvalue weighted by molar-refractivity contribution is -0.131. The number of morpholine rings is 1. The molecule has 0 N–H and O–H groups in total. The first kappa shape index (κ1) is 22.0. The minimum absolute atomic E-state index is 0.150. The van der Waals surface area contributed by atoms with E-state index in [1.807, 2.05) is 36.1 Å². The number of carbonyl (C=O) groups is 1. The topological polar surface area (TPSA) is 63.5 Å². The minimum atomic E-state index is -0.244. The molecular formula is C25H29N5O2S. The number of fused-ring (bicyclic) bond motifs is 1. The summed E-state index contributed by atoms with van der Waals surface area (Å²) in [5, 5.41) is 9.57. The van der Waals surface area contributed by atoms with Crippen LogP contribution in [0.25, 0.3) is 0 Å². The Bertz CT molecular complexity index is 1100. The van der Waals surface area contributed by atoms with Gasteiger partial charge in [-0.25, -0.2) is 0 Å². The van der Waals surface area contributed by atoms with Gasteiger partial charge in [-0.3, -0.25) is 9.36 Å². The number of amides is 1. The largest absolute Gasteiger partial charge is 0.378 e. The number of carbonyl (C=O) groups excluding carboxylic acids is 1. The third kappa shape index (κ3) is 4.91. The third-order valence-corrected chi connectivity index (χ3v) is 7.32. The van der Waals surface area contributed by atoms with Gasteiger partial charge in [0.15, 0.2) is 5.16 Å². The summed E-state index contributed by atoms with van der Waals surface area (Å²) < 4.78 is 7.66. The molecule has 33 heavy (non-hydrogen) atoms. The molecule has 3 heterocycles. The molecule has 1 atom stereocenters. The second-order valence-corrected chi connectivity index (χ2v) is 9.80. The summed E-state index contributed by atoms with van der Waals surface area (Å²) in [7, 11) is 0. The van der Waals surface area contributed by atoms with Crippen LogP contribution in [-0.2, 0) is 29.0 Å². The number of aromatic nitrogens is 3. The molecule has 1 amide bonds. The van der Waals surface area contributed by atoms with Gasteiger partial charge in [-0.15, -0.1) is 10.2 Å². The van der Waals surface area contributed by atoms with E-state index in [0.717, 1.165) is 37.2 Å². The van der Waals surface area contributed by atoms with Crippen LogP contribution < -0.4 is 4.90 Å². The van der Waals surface area contributed by atoms with Gasteiger partial charge in [0.2, 0.25) is 11.9 Å². The molecule has 172 valence electrons. The van der Waals surface area contributed by atoms with Crippen molar-refractivity contribution in [1.29, 1.82) is 0 Å². The van der Waals surface area contributed by atoms with Gasteiger partial charge in [0.1, 0.15) is 0 Å². The van der Waals surface area contributed by atoms with Crippen molar-refractivity contribution < 1.29 is 9.53 Å². The highest BCUT2D eigenvalue weighted by Crippen LogP contribution is 2.29. The lowest BCUT2D eigenvalue weighted by Crippen LogP contribution is -2.40. The monoisotopic (exact) mass is 463 g/mol. The molecule has 0 saturated carbocycles. The smallest absolute Gasteiger partial charge is 0.236 e. The lowest BCUT2D eigenvalue weighted by atomic mass is 10.00. The molecule has 0 spiro atoms. The fraction of sp³-hybridized carbons (Fsp3) is 0.400. The molecule has 0 radical (unpaired) electrons. The van der Waals surface area contributed by atoms with Gasteiger partial charge in [0.05, 0.1) is 25.0 Å². The molecule has 2 aromatic carbocycles. The zero-order valence-electron chi connectivity index (χ0n) is 18.9. The van der Waals surface area contributed by atoms with E-state index in [-0.39, 0.29) is 11.2 Å². The lowest BCUT2D eigenvalue weighted by Gasteiger charge is -2.31. The van der Waals surface area contributed by atoms with Crippen molar-refractivity contribution in [2.45, 2.75) is 36.8 Å². The summed E-state index contributed by atoms with van der Waals surface area (Å²) in [5.74, 6) is 0.993. The normalized spacial score (nSPS) is 17.0. The van der Waals surface area contributed by atoms with Crippen LogP contribution in [0.15, 0.2) is 59.8 Å². The zero-order valence-corrected chi connectivity index (χ0v) is 19.7. The number of hydrogen-bond acceptors (Lipinski definition) is 6.